The largest absolute Gasteiger partial charge is 0.503 e. The predicted octanol–water partition coefficient (Wildman–Crippen LogP) is 1.96. The van der Waals surface area contributed by atoms with Crippen molar-refractivity contribution in [3.8, 4) is 5.75 Å². The monoisotopic (exact) mass is 236 g/mol. The maximum atomic E-state index is 9.23. The molecule has 0 atom stereocenters. The van der Waals surface area contributed by atoms with E-state index in [9.17, 15) is 5.11 Å². The highest BCUT2D eigenvalue weighted by Crippen LogP contribution is 2.09. The fourth-order valence-electron chi connectivity index (χ4n) is 1.25. The molecule has 1 aromatic carbocycles. The zero-order valence-corrected chi connectivity index (χ0v) is 9.26. The quantitative estimate of drug-likeness (QED) is 0.827. The molecule has 2 rings (SSSR count). The van der Waals surface area contributed by atoms with Crippen molar-refractivity contribution in [2.24, 2.45) is 0 Å². The summed E-state index contributed by atoms with van der Waals surface area (Å²) in [7, 11) is 0. The van der Waals surface area contributed by atoms with E-state index in [1.54, 1.807) is 18.3 Å². The Morgan fingerprint density at radius 3 is 2.62 bits per heavy atom. The van der Waals surface area contributed by atoms with Crippen LogP contribution in [0.4, 0.5) is 0 Å². The molecular weight excluding hydrogens is 226 g/mol. The fraction of sp³-hybridized carbons (Fsp3) is 0.0833. The fourth-order valence-corrected chi connectivity index (χ4v) is 1.38. The number of halogens is 1. The van der Waals surface area contributed by atoms with Crippen LogP contribution in [-0.4, -0.2) is 5.11 Å². The van der Waals surface area contributed by atoms with Crippen molar-refractivity contribution in [3.05, 3.63) is 59.4 Å². The molecule has 16 heavy (non-hydrogen) atoms. The Morgan fingerprint density at radius 1 is 1.19 bits per heavy atom. The van der Waals surface area contributed by atoms with Gasteiger partial charge in [0.15, 0.2) is 12.4 Å². The number of rotatable bonds is 3. The van der Waals surface area contributed by atoms with E-state index in [1.165, 1.54) is 10.9 Å². The summed E-state index contributed by atoms with van der Waals surface area (Å²) in [6, 6.07) is 10.7. The van der Waals surface area contributed by atoms with Gasteiger partial charge >= 0.3 is 0 Å². The lowest BCUT2D eigenvalue weighted by Crippen LogP contribution is -2.41. The first kappa shape index (κ1) is 10.8. The first-order valence-electron chi connectivity index (χ1n) is 4.82. The zero-order chi connectivity index (χ0) is 11.4. The van der Waals surface area contributed by atoms with Crippen LogP contribution in [0.3, 0.4) is 0 Å². The molecule has 0 radical (unpaired) electrons. The molecule has 0 aliphatic carbocycles. The smallest absolute Gasteiger partial charge is 0.263 e. The van der Waals surface area contributed by atoms with Gasteiger partial charge in [0.25, 0.3) is 6.20 Å². The maximum Gasteiger partial charge on any atom is 0.263 e. The van der Waals surface area contributed by atoms with Gasteiger partial charge in [0.2, 0.25) is 6.20 Å². The van der Waals surface area contributed by atoms with Crippen LogP contribution in [0, 0.1) is 0 Å². The maximum absolute atomic E-state index is 9.23. The lowest BCUT2D eigenvalue weighted by molar-refractivity contribution is -0.895. The van der Waals surface area contributed by atoms with Crippen LogP contribution in [0.5, 0.6) is 5.75 Å². The molecule has 1 N–H and O–H groups in total. The Kier molecular flexibility index (Phi) is 3.27. The molecule has 0 fully saturated rings. The van der Waals surface area contributed by atoms with Gasteiger partial charge in [0, 0.05) is 15.8 Å². The lowest BCUT2D eigenvalue weighted by Gasteiger charge is -1.99. The van der Waals surface area contributed by atoms with Crippen molar-refractivity contribution in [1.82, 2.24) is 0 Å². The van der Waals surface area contributed by atoms with Gasteiger partial charge in [-0.3, -0.25) is 4.84 Å². The lowest BCUT2D eigenvalue weighted by atomic mass is 10.2. The van der Waals surface area contributed by atoms with Crippen LogP contribution in [-0.2, 0) is 6.61 Å². The molecule has 4 heteroatoms. The van der Waals surface area contributed by atoms with Crippen molar-refractivity contribution in [1.29, 1.82) is 0 Å². The Bertz CT molecular complexity index is 471. The van der Waals surface area contributed by atoms with Gasteiger partial charge in [-0.05, 0) is 23.8 Å². The molecule has 3 nitrogen and oxygen atoms in total. The summed E-state index contributed by atoms with van der Waals surface area (Å²) in [6.45, 7) is 0.422. The molecule has 0 saturated heterocycles. The first-order chi connectivity index (χ1) is 7.74. The molecule has 0 aliphatic rings. The van der Waals surface area contributed by atoms with Crippen LogP contribution in [0.1, 0.15) is 5.56 Å². The summed E-state index contributed by atoms with van der Waals surface area (Å²) in [4.78, 5) is 5.43. The molecule has 0 bridgehead atoms. The average Bonchev–Trinajstić information content (AvgIpc) is 2.28. The van der Waals surface area contributed by atoms with Gasteiger partial charge in [0.05, 0.1) is 0 Å². The van der Waals surface area contributed by atoms with Gasteiger partial charge in [-0.2, -0.15) is 0 Å². The minimum absolute atomic E-state index is 0.165. The minimum atomic E-state index is 0.165. The highest BCUT2D eigenvalue weighted by atomic mass is 35.5. The molecular formula is C12H11ClNO2+. The number of nitrogens with zero attached hydrogens (tertiary/aromatic N) is 1. The van der Waals surface area contributed by atoms with E-state index in [0.29, 0.717) is 11.6 Å². The van der Waals surface area contributed by atoms with Gasteiger partial charge in [0.1, 0.15) is 0 Å². The van der Waals surface area contributed by atoms with Crippen LogP contribution >= 0.6 is 11.6 Å². The number of pyridine rings is 1. The summed E-state index contributed by atoms with van der Waals surface area (Å²) >= 11 is 5.77. The SMILES string of the molecule is Oc1ccc[n+](OCc2ccc(Cl)cc2)c1. The molecule has 82 valence electrons. The van der Waals surface area contributed by atoms with Crippen LogP contribution in [0.25, 0.3) is 0 Å². The van der Waals surface area contributed by atoms with Crippen LogP contribution in [0.15, 0.2) is 48.8 Å². The predicted molar refractivity (Wildman–Crippen MR) is 60.0 cm³/mol. The number of benzene rings is 1. The third-order valence-corrected chi connectivity index (χ3v) is 2.31. The van der Waals surface area contributed by atoms with E-state index < -0.39 is 0 Å². The zero-order valence-electron chi connectivity index (χ0n) is 8.51. The van der Waals surface area contributed by atoms with Crippen LogP contribution in [0.2, 0.25) is 5.02 Å². The topological polar surface area (TPSA) is 33.3 Å². The molecule has 0 unspecified atom stereocenters. The Labute approximate surface area is 98.4 Å². The number of aromatic nitrogens is 1. The summed E-state index contributed by atoms with van der Waals surface area (Å²) in [5, 5.41) is 9.93. The van der Waals surface area contributed by atoms with Gasteiger partial charge in [-0.15, -0.1) is 0 Å². The summed E-state index contributed by atoms with van der Waals surface area (Å²) in [6.07, 6.45) is 3.21. The van der Waals surface area contributed by atoms with E-state index in [0.717, 1.165) is 5.56 Å². The molecule has 1 heterocycles. The highest BCUT2D eigenvalue weighted by molar-refractivity contribution is 6.30. The highest BCUT2D eigenvalue weighted by Gasteiger charge is 2.03. The minimum Gasteiger partial charge on any atom is -0.503 e. The third kappa shape index (κ3) is 2.87. The van der Waals surface area contributed by atoms with Gasteiger partial charge in [-0.1, -0.05) is 23.7 Å². The number of hydrogen-bond donors (Lipinski definition) is 1. The summed E-state index contributed by atoms with van der Waals surface area (Å²) in [5.41, 5.74) is 1.01. The number of aromatic hydroxyl groups is 1. The van der Waals surface area contributed by atoms with E-state index in [4.69, 9.17) is 16.4 Å². The molecule has 0 spiro atoms. The molecule has 2 aromatic rings. The van der Waals surface area contributed by atoms with Crippen LogP contribution < -0.4 is 9.57 Å². The first-order valence-corrected chi connectivity index (χ1v) is 5.20. The van der Waals surface area contributed by atoms with E-state index in [2.05, 4.69) is 0 Å². The van der Waals surface area contributed by atoms with Crippen molar-refractivity contribution in [3.63, 3.8) is 0 Å². The Hall–Kier alpha value is -1.74. The van der Waals surface area contributed by atoms with E-state index in [-0.39, 0.29) is 5.75 Å². The second-order valence-corrected chi connectivity index (χ2v) is 3.76. The Balaban J connectivity index is 1.99. The van der Waals surface area contributed by atoms with Crippen molar-refractivity contribution < 1.29 is 14.7 Å². The molecule has 0 amide bonds. The van der Waals surface area contributed by atoms with Crippen molar-refractivity contribution in [2.45, 2.75) is 6.61 Å². The van der Waals surface area contributed by atoms with Gasteiger partial charge < -0.3 is 5.11 Å². The molecule has 0 saturated carbocycles. The van der Waals surface area contributed by atoms with Gasteiger partial charge in [-0.25, -0.2) is 0 Å². The second-order valence-electron chi connectivity index (χ2n) is 3.32. The second kappa shape index (κ2) is 4.86. The van der Waals surface area contributed by atoms with Crippen molar-refractivity contribution in [2.75, 3.05) is 0 Å². The standard InChI is InChI=1S/C12H10ClNO2/c13-11-5-3-10(4-6-11)9-16-14-7-1-2-12(15)8-14/h1-8H,9H2/p+1. The molecule has 1 aromatic heterocycles. The average molecular weight is 237 g/mol. The van der Waals surface area contributed by atoms with E-state index in [1.807, 2.05) is 24.3 Å². The third-order valence-electron chi connectivity index (χ3n) is 2.05. The summed E-state index contributed by atoms with van der Waals surface area (Å²) < 4.78 is 1.46. The normalized spacial score (nSPS) is 10.1. The molecule has 0 aliphatic heterocycles. The Morgan fingerprint density at radius 2 is 1.94 bits per heavy atom. The van der Waals surface area contributed by atoms with E-state index >= 15 is 0 Å². The summed E-state index contributed by atoms with van der Waals surface area (Å²) in [5.74, 6) is 0.165. The number of hydrogen-bond acceptors (Lipinski definition) is 2. The van der Waals surface area contributed by atoms with Crippen molar-refractivity contribution >= 4 is 11.6 Å².